The van der Waals surface area contributed by atoms with E-state index >= 15 is 0 Å². The number of esters is 1. The van der Waals surface area contributed by atoms with Gasteiger partial charge in [-0.15, -0.1) is 0 Å². The van der Waals surface area contributed by atoms with E-state index in [9.17, 15) is 9.59 Å². The molecule has 0 heterocycles. The van der Waals surface area contributed by atoms with Crippen molar-refractivity contribution < 1.29 is 14.3 Å². The average Bonchev–Trinajstić information content (AvgIpc) is 2.27. The Morgan fingerprint density at radius 2 is 1.59 bits per heavy atom. The van der Waals surface area contributed by atoms with Crippen LogP contribution in [0.25, 0.3) is 0 Å². The number of carbonyl (C=O) groups excluding carboxylic acids is 2. The minimum absolute atomic E-state index is 0.0722. The first-order valence-electron chi connectivity index (χ1n) is 6.80. The van der Waals surface area contributed by atoms with Crippen molar-refractivity contribution in [2.75, 3.05) is 6.61 Å². The summed E-state index contributed by atoms with van der Waals surface area (Å²) in [7, 11) is 0. The molecule has 0 aliphatic rings. The van der Waals surface area contributed by atoms with E-state index in [1.54, 1.807) is 6.92 Å². The Labute approximate surface area is 105 Å². The third-order valence-electron chi connectivity index (χ3n) is 2.91. The first kappa shape index (κ1) is 16.1. The predicted octanol–water partition coefficient (Wildman–Crippen LogP) is 3.51. The van der Waals surface area contributed by atoms with Gasteiger partial charge in [-0.3, -0.25) is 9.59 Å². The van der Waals surface area contributed by atoms with E-state index in [1.165, 1.54) is 32.6 Å². The van der Waals surface area contributed by atoms with Gasteiger partial charge in [0.05, 0.1) is 6.61 Å². The van der Waals surface area contributed by atoms with Crippen LogP contribution in [0.4, 0.5) is 0 Å². The average molecular weight is 242 g/mol. The fourth-order valence-electron chi connectivity index (χ4n) is 1.86. The Morgan fingerprint density at radius 3 is 2.12 bits per heavy atom. The van der Waals surface area contributed by atoms with Crippen LogP contribution in [0.3, 0.4) is 0 Å². The van der Waals surface area contributed by atoms with E-state index in [1.807, 2.05) is 0 Å². The molecule has 1 atom stereocenters. The molecule has 0 rings (SSSR count). The van der Waals surface area contributed by atoms with Crippen molar-refractivity contribution >= 4 is 11.8 Å². The van der Waals surface area contributed by atoms with Crippen LogP contribution in [0.2, 0.25) is 0 Å². The molecule has 0 amide bonds. The monoisotopic (exact) mass is 242 g/mol. The van der Waals surface area contributed by atoms with Gasteiger partial charge in [-0.05, 0) is 20.3 Å². The molecule has 0 saturated carbocycles. The molecule has 17 heavy (non-hydrogen) atoms. The van der Waals surface area contributed by atoms with Crippen molar-refractivity contribution in [2.24, 2.45) is 5.92 Å². The summed E-state index contributed by atoms with van der Waals surface area (Å²) >= 11 is 0. The molecule has 100 valence electrons. The first-order chi connectivity index (χ1) is 8.13. The van der Waals surface area contributed by atoms with Crippen LogP contribution in [0.15, 0.2) is 0 Å². The molecule has 0 N–H and O–H groups in total. The summed E-state index contributed by atoms with van der Waals surface area (Å²) in [6.45, 7) is 5.77. The fourth-order valence-corrected chi connectivity index (χ4v) is 1.86. The highest BCUT2D eigenvalue weighted by Crippen LogP contribution is 2.14. The summed E-state index contributed by atoms with van der Waals surface area (Å²) in [6, 6.07) is 0. The lowest BCUT2D eigenvalue weighted by Crippen LogP contribution is -2.24. The van der Waals surface area contributed by atoms with Crippen LogP contribution >= 0.6 is 0 Å². The Hall–Kier alpha value is -0.860. The van der Waals surface area contributed by atoms with Crippen LogP contribution < -0.4 is 0 Å². The maximum atomic E-state index is 11.5. The van der Waals surface area contributed by atoms with Gasteiger partial charge in [0.25, 0.3) is 0 Å². The largest absolute Gasteiger partial charge is 0.465 e. The normalized spacial score (nSPS) is 12.2. The SMILES string of the molecule is CCCCCCCCC(C(C)=O)C(=O)OCC. The standard InChI is InChI=1S/C14H26O3/c1-4-6-7-8-9-10-11-13(12(3)15)14(16)17-5-2/h13H,4-11H2,1-3H3. The van der Waals surface area contributed by atoms with Gasteiger partial charge in [-0.1, -0.05) is 45.4 Å². The quantitative estimate of drug-likeness (QED) is 0.334. The minimum atomic E-state index is -0.541. The van der Waals surface area contributed by atoms with Crippen molar-refractivity contribution in [3.05, 3.63) is 0 Å². The zero-order valence-electron chi connectivity index (χ0n) is 11.5. The Morgan fingerprint density at radius 1 is 1.00 bits per heavy atom. The summed E-state index contributed by atoms with van der Waals surface area (Å²) in [5, 5.41) is 0. The van der Waals surface area contributed by atoms with Gasteiger partial charge in [0.2, 0.25) is 0 Å². The molecule has 0 aromatic rings. The molecule has 0 aromatic heterocycles. The van der Waals surface area contributed by atoms with Crippen LogP contribution in [-0.4, -0.2) is 18.4 Å². The third-order valence-corrected chi connectivity index (χ3v) is 2.91. The molecule has 0 bridgehead atoms. The van der Waals surface area contributed by atoms with Gasteiger partial charge in [0.15, 0.2) is 0 Å². The highest BCUT2D eigenvalue weighted by molar-refractivity contribution is 5.97. The van der Waals surface area contributed by atoms with E-state index in [-0.39, 0.29) is 11.8 Å². The van der Waals surface area contributed by atoms with Gasteiger partial charge in [-0.2, -0.15) is 0 Å². The highest BCUT2D eigenvalue weighted by Gasteiger charge is 2.23. The minimum Gasteiger partial charge on any atom is -0.465 e. The number of ether oxygens (including phenoxy) is 1. The van der Waals surface area contributed by atoms with E-state index < -0.39 is 5.92 Å². The molecular weight excluding hydrogens is 216 g/mol. The third kappa shape index (κ3) is 7.94. The molecule has 0 aliphatic heterocycles. The first-order valence-corrected chi connectivity index (χ1v) is 6.80. The predicted molar refractivity (Wildman–Crippen MR) is 68.8 cm³/mol. The van der Waals surface area contributed by atoms with E-state index in [0.29, 0.717) is 13.0 Å². The molecule has 0 spiro atoms. The maximum Gasteiger partial charge on any atom is 0.316 e. The van der Waals surface area contributed by atoms with Gasteiger partial charge in [-0.25, -0.2) is 0 Å². The van der Waals surface area contributed by atoms with Crippen molar-refractivity contribution in [1.82, 2.24) is 0 Å². The maximum absolute atomic E-state index is 11.5. The highest BCUT2D eigenvalue weighted by atomic mass is 16.5. The van der Waals surface area contributed by atoms with Crippen molar-refractivity contribution in [1.29, 1.82) is 0 Å². The molecule has 0 aliphatic carbocycles. The van der Waals surface area contributed by atoms with Crippen molar-refractivity contribution in [2.45, 2.75) is 65.7 Å². The van der Waals surface area contributed by atoms with Gasteiger partial charge >= 0.3 is 5.97 Å². The van der Waals surface area contributed by atoms with Crippen LogP contribution in [0, 0.1) is 5.92 Å². The topological polar surface area (TPSA) is 43.4 Å². The molecule has 3 heteroatoms. The number of carbonyl (C=O) groups is 2. The second-order valence-electron chi connectivity index (χ2n) is 4.47. The Bertz CT molecular complexity index is 224. The van der Waals surface area contributed by atoms with Crippen molar-refractivity contribution in [3.8, 4) is 0 Å². The molecule has 3 nitrogen and oxygen atoms in total. The molecule has 0 fully saturated rings. The number of Topliss-reactive ketones (excluding diaryl/α,β-unsaturated/α-hetero) is 1. The number of unbranched alkanes of at least 4 members (excludes halogenated alkanes) is 5. The van der Waals surface area contributed by atoms with Crippen LogP contribution in [-0.2, 0) is 14.3 Å². The molecule has 1 unspecified atom stereocenters. The summed E-state index contributed by atoms with van der Waals surface area (Å²) in [5.74, 6) is -0.966. The number of rotatable bonds is 10. The number of ketones is 1. The van der Waals surface area contributed by atoms with Gasteiger partial charge in [0, 0.05) is 0 Å². The second-order valence-corrected chi connectivity index (χ2v) is 4.47. The van der Waals surface area contributed by atoms with Gasteiger partial charge < -0.3 is 4.74 Å². The van der Waals surface area contributed by atoms with Crippen LogP contribution in [0.5, 0.6) is 0 Å². The smallest absolute Gasteiger partial charge is 0.316 e. The van der Waals surface area contributed by atoms with Crippen molar-refractivity contribution in [3.63, 3.8) is 0 Å². The molecule has 0 aromatic carbocycles. The zero-order valence-corrected chi connectivity index (χ0v) is 11.5. The van der Waals surface area contributed by atoms with E-state index in [0.717, 1.165) is 12.8 Å². The van der Waals surface area contributed by atoms with E-state index in [4.69, 9.17) is 4.74 Å². The van der Waals surface area contributed by atoms with E-state index in [2.05, 4.69) is 6.92 Å². The second kappa shape index (κ2) is 10.3. The lowest BCUT2D eigenvalue weighted by molar-refractivity contribution is -0.151. The zero-order chi connectivity index (χ0) is 13.1. The van der Waals surface area contributed by atoms with Crippen LogP contribution in [0.1, 0.15) is 65.7 Å². The Kier molecular flexibility index (Phi) is 9.78. The summed E-state index contributed by atoms with van der Waals surface area (Å²) in [4.78, 5) is 22.8. The summed E-state index contributed by atoms with van der Waals surface area (Å²) in [5.41, 5.74) is 0. The Balaban J connectivity index is 3.78. The molecular formula is C14H26O3. The summed E-state index contributed by atoms with van der Waals surface area (Å²) in [6.07, 6.45) is 7.63. The van der Waals surface area contributed by atoms with Gasteiger partial charge in [0.1, 0.15) is 11.7 Å². The number of hydrogen-bond donors (Lipinski definition) is 0. The molecule has 0 radical (unpaired) electrons. The molecule has 0 saturated heterocycles. The number of hydrogen-bond acceptors (Lipinski definition) is 3. The lowest BCUT2D eigenvalue weighted by Gasteiger charge is -2.12. The lowest BCUT2D eigenvalue weighted by atomic mass is 9.97. The summed E-state index contributed by atoms with van der Waals surface area (Å²) < 4.78 is 4.90. The fraction of sp³-hybridized carbons (Fsp3) is 0.857.